The highest BCUT2D eigenvalue weighted by atomic mass is 19.4. The van der Waals surface area contributed by atoms with Crippen LogP contribution >= 0.6 is 0 Å². The molecule has 0 fully saturated rings. The lowest BCUT2D eigenvalue weighted by Crippen LogP contribution is -2.22. The van der Waals surface area contributed by atoms with Crippen molar-refractivity contribution in [1.29, 1.82) is 0 Å². The first-order valence-electron chi connectivity index (χ1n) is 9.51. The van der Waals surface area contributed by atoms with Gasteiger partial charge in [-0.15, -0.1) is 0 Å². The van der Waals surface area contributed by atoms with Gasteiger partial charge in [0, 0.05) is 5.56 Å². The molecule has 0 aliphatic carbocycles. The van der Waals surface area contributed by atoms with Gasteiger partial charge in [0.1, 0.15) is 5.56 Å². The van der Waals surface area contributed by atoms with E-state index in [0.717, 1.165) is 16.7 Å². The van der Waals surface area contributed by atoms with Crippen LogP contribution in [0.5, 0.6) is 0 Å². The van der Waals surface area contributed by atoms with Crippen molar-refractivity contribution in [3.05, 3.63) is 69.3 Å². The normalized spacial score (nSPS) is 13.1. The quantitative estimate of drug-likeness (QED) is 0.340. The van der Waals surface area contributed by atoms with Crippen LogP contribution in [0, 0.1) is 30.2 Å². The van der Waals surface area contributed by atoms with E-state index in [-0.39, 0.29) is 11.8 Å². The van der Waals surface area contributed by atoms with Crippen LogP contribution in [0.15, 0.2) is 18.2 Å². The van der Waals surface area contributed by atoms with E-state index >= 15 is 0 Å². The SMILES string of the molecule is Cc1cc(C(C)(C)C)cc(C(C)(C)CCc2c(F)c(F)c(C(F)(F)F)c(F)c2F)c1. The standard InChI is InChI=1S/C23H25F7/c1-12-9-13(21(2,3)4)11-14(10-12)22(5,6)8-7-15-17(24)19(26)16(23(28,29)30)20(27)18(15)25/h9-11H,7-8H2,1-6H3. The molecule has 2 rings (SSSR count). The first-order chi connectivity index (χ1) is 13.5. The summed E-state index contributed by atoms with van der Waals surface area (Å²) in [6, 6.07) is 5.91. The van der Waals surface area contributed by atoms with E-state index in [4.69, 9.17) is 0 Å². The molecule has 7 heteroatoms. The maximum Gasteiger partial charge on any atom is 0.422 e. The molecule has 2 aromatic carbocycles. The van der Waals surface area contributed by atoms with Crippen molar-refractivity contribution in [3.8, 4) is 0 Å². The molecule has 2 aromatic rings. The van der Waals surface area contributed by atoms with E-state index in [0.29, 0.717) is 0 Å². The smallest absolute Gasteiger partial charge is 0.203 e. The van der Waals surface area contributed by atoms with Crippen molar-refractivity contribution < 1.29 is 30.7 Å². The van der Waals surface area contributed by atoms with Crippen LogP contribution in [0.3, 0.4) is 0 Å². The number of hydrogen-bond donors (Lipinski definition) is 0. The fourth-order valence-corrected chi connectivity index (χ4v) is 3.33. The van der Waals surface area contributed by atoms with Gasteiger partial charge in [0.25, 0.3) is 0 Å². The first-order valence-corrected chi connectivity index (χ1v) is 9.51. The molecule has 0 amide bonds. The summed E-state index contributed by atoms with van der Waals surface area (Å²) in [5.41, 5.74) is -1.47. The van der Waals surface area contributed by atoms with Gasteiger partial charge in [-0.25, -0.2) is 17.6 Å². The molecule has 0 radical (unpaired) electrons. The van der Waals surface area contributed by atoms with Crippen LogP contribution in [0.4, 0.5) is 30.7 Å². The Labute approximate surface area is 172 Å². The maximum absolute atomic E-state index is 14.2. The predicted molar refractivity (Wildman–Crippen MR) is 103 cm³/mol. The predicted octanol–water partition coefficient (Wildman–Crippen LogP) is 7.78. The number of hydrogen-bond acceptors (Lipinski definition) is 0. The van der Waals surface area contributed by atoms with Crippen molar-refractivity contribution in [1.82, 2.24) is 0 Å². The van der Waals surface area contributed by atoms with Crippen molar-refractivity contribution in [2.24, 2.45) is 0 Å². The summed E-state index contributed by atoms with van der Waals surface area (Å²) >= 11 is 0. The van der Waals surface area contributed by atoms with E-state index < -0.39 is 52.4 Å². The Morgan fingerprint density at radius 1 is 0.700 bits per heavy atom. The Kier molecular flexibility index (Phi) is 6.37. The largest absolute Gasteiger partial charge is 0.422 e. The van der Waals surface area contributed by atoms with Crippen LogP contribution in [-0.2, 0) is 23.4 Å². The molecule has 0 spiro atoms. The molecule has 0 aromatic heterocycles. The van der Waals surface area contributed by atoms with Crippen LogP contribution in [0.1, 0.15) is 68.9 Å². The third kappa shape index (κ3) is 4.81. The summed E-state index contributed by atoms with van der Waals surface area (Å²) in [6.07, 6.45) is -5.94. The zero-order chi connectivity index (χ0) is 23.2. The number of aryl methyl sites for hydroxylation is 1. The maximum atomic E-state index is 14.2. The lowest BCUT2D eigenvalue weighted by atomic mass is 9.76. The third-order valence-corrected chi connectivity index (χ3v) is 5.36. The highest BCUT2D eigenvalue weighted by Gasteiger charge is 2.42. The fraction of sp³-hybridized carbons (Fsp3) is 0.478. The summed E-state index contributed by atoms with van der Waals surface area (Å²) in [6.45, 7) is 11.6. The summed E-state index contributed by atoms with van der Waals surface area (Å²) < 4.78 is 94.5. The number of halogens is 7. The van der Waals surface area contributed by atoms with Gasteiger partial charge < -0.3 is 0 Å². The first kappa shape index (κ1) is 24.2. The van der Waals surface area contributed by atoms with Crippen LogP contribution in [-0.4, -0.2) is 0 Å². The van der Waals surface area contributed by atoms with E-state index in [2.05, 4.69) is 0 Å². The molecule has 0 saturated heterocycles. The average molecular weight is 434 g/mol. The van der Waals surface area contributed by atoms with Gasteiger partial charge in [0.2, 0.25) is 0 Å². The molecule has 166 valence electrons. The minimum absolute atomic E-state index is 0.0676. The minimum atomic E-state index is -5.54. The lowest BCUT2D eigenvalue weighted by molar-refractivity contribution is -0.143. The molecule has 0 unspecified atom stereocenters. The Bertz CT molecular complexity index is 918. The summed E-state index contributed by atoms with van der Waals surface area (Å²) in [5, 5.41) is 0. The topological polar surface area (TPSA) is 0 Å². The highest BCUT2D eigenvalue weighted by molar-refractivity contribution is 5.38. The molecule has 0 aliphatic rings. The molecule has 0 N–H and O–H groups in total. The van der Waals surface area contributed by atoms with Crippen molar-refractivity contribution in [2.75, 3.05) is 0 Å². The molecular formula is C23H25F7. The van der Waals surface area contributed by atoms with Gasteiger partial charge in [-0.2, -0.15) is 13.2 Å². The number of alkyl halides is 3. The zero-order valence-corrected chi connectivity index (χ0v) is 17.8. The fourth-order valence-electron chi connectivity index (χ4n) is 3.33. The molecule has 0 bridgehead atoms. The zero-order valence-electron chi connectivity index (χ0n) is 17.8. The molecule has 0 aliphatic heterocycles. The molecule has 0 atom stereocenters. The van der Waals surface area contributed by atoms with Gasteiger partial charge in [-0.05, 0) is 41.7 Å². The molecule has 0 saturated carbocycles. The van der Waals surface area contributed by atoms with Gasteiger partial charge in [0.15, 0.2) is 23.3 Å². The molecule has 0 heterocycles. The van der Waals surface area contributed by atoms with E-state index in [1.807, 2.05) is 45.9 Å². The summed E-state index contributed by atoms with van der Waals surface area (Å²) in [4.78, 5) is 0. The van der Waals surface area contributed by atoms with Crippen LogP contribution in [0.2, 0.25) is 0 Å². The minimum Gasteiger partial charge on any atom is -0.203 e. The highest BCUT2D eigenvalue weighted by Crippen LogP contribution is 2.39. The Morgan fingerprint density at radius 3 is 1.60 bits per heavy atom. The van der Waals surface area contributed by atoms with E-state index in [1.54, 1.807) is 13.8 Å². The van der Waals surface area contributed by atoms with Gasteiger partial charge >= 0.3 is 6.18 Å². The van der Waals surface area contributed by atoms with Gasteiger partial charge in [-0.1, -0.05) is 58.4 Å². The molecular weight excluding hydrogens is 409 g/mol. The van der Waals surface area contributed by atoms with E-state index in [9.17, 15) is 30.7 Å². The Morgan fingerprint density at radius 2 is 1.17 bits per heavy atom. The summed E-state index contributed by atoms with van der Waals surface area (Å²) in [5.74, 6) is -8.84. The number of rotatable bonds is 4. The molecule has 0 nitrogen and oxygen atoms in total. The average Bonchev–Trinajstić information content (AvgIpc) is 2.57. The molecule has 30 heavy (non-hydrogen) atoms. The Hall–Kier alpha value is -2.05. The van der Waals surface area contributed by atoms with Crippen LogP contribution in [0.25, 0.3) is 0 Å². The monoisotopic (exact) mass is 434 g/mol. The second-order valence-corrected chi connectivity index (χ2v) is 9.33. The summed E-state index contributed by atoms with van der Waals surface area (Å²) in [7, 11) is 0. The van der Waals surface area contributed by atoms with Crippen molar-refractivity contribution in [3.63, 3.8) is 0 Å². The van der Waals surface area contributed by atoms with Gasteiger partial charge in [-0.3, -0.25) is 0 Å². The van der Waals surface area contributed by atoms with Crippen molar-refractivity contribution in [2.45, 2.75) is 71.4 Å². The third-order valence-electron chi connectivity index (χ3n) is 5.36. The van der Waals surface area contributed by atoms with E-state index in [1.165, 1.54) is 0 Å². The Balaban J connectivity index is 2.43. The lowest BCUT2D eigenvalue weighted by Gasteiger charge is -2.29. The van der Waals surface area contributed by atoms with Gasteiger partial charge in [0.05, 0.1) is 0 Å². The second kappa shape index (κ2) is 7.89. The second-order valence-electron chi connectivity index (χ2n) is 9.33. The van der Waals surface area contributed by atoms with Crippen molar-refractivity contribution >= 4 is 0 Å². The number of benzene rings is 2. The van der Waals surface area contributed by atoms with Crippen LogP contribution < -0.4 is 0 Å².